The van der Waals surface area contributed by atoms with E-state index in [0.717, 1.165) is 10.2 Å². The van der Waals surface area contributed by atoms with Gasteiger partial charge in [-0.25, -0.2) is 0 Å². The molecule has 2 amide bonds. The highest BCUT2D eigenvalue weighted by atomic mass is 79.9. The third kappa shape index (κ3) is 5.52. The lowest BCUT2D eigenvalue weighted by Crippen LogP contribution is -2.34. The van der Waals surface area contributed by atoms with Crippen molar-refractivity contribution < 1.29 is 9.59 Å². The molecule has 3 aromatic rings. The number of amides is 2. The molecule has 0 saturated heterocycles. The Bertz CT molecular complexity index is 1040. The fourth-order valence-electron chi connectivity index (χ4n) is 2.84. The molecular formula is C23H20BrN3O2S. The number of para-hydroxylation sites is 1. The summed E-state index contributed by atoms with van der Waals surface area (Å²) in [6.07, 6.45) is 0. The number of halogens is 1. The minimum Gasteiger partial charge on any atom is -0.332 e. The van der Waals surface area contributed by atoms with Gasteiger partial charge in [0.05, 0.1) is 0 Å². The molecule has 0 fully saturated rings. The van der Waals surface area contributed by atoms with Crippen LogP contribution in [0.2, 0.25) is 0 Å². The first kappa shape index (κ1) is 21.7. The second kappa shape index (κ2) is 10.1. The number of carbonyl (C=O) groups excluding carboxylic acids is 2. The summed E-state index contributed by atoms with van der Waals surface area (Å²) in [6, 6.07) is 23.5. The molecule has 0 aliphatic rings. The van der Waals surface area contributed by atoms with Gasteiger partial charge in [0.2, 0.25) is 0 Å². The number of hydrogen-bond donors (Lipinski definition) is 2. The molecule has 5 nitrogen and oxygen atoms in total. The molecule has 0 saturated carbocycles. The fraction of sp³-hybridized carbons (Fsp3) is 0.0870. The molecule has 0 aliphatic carbocycles. The van der Waals surface area contributed by atoms with Gasteiger partial charge in [-0.3, -0.25) is 14.9 Å². The SMILES string of the molecule is CCN(C(=O)c1ccc(NC(=S)NC(=O)c2ccc(Br)cc2)cc1)c1ccccc1. The molecule has 0 atom stereocenters. The summed E-state index contributed by atoms with van der Waals surface area (Å²) in [7, 11) is 0. The minimum atomic E-state index is -0.298. The number of benzene rings is 3. The van der Waals surface area contributed by atoms with Crippen LogP contribution in [0.3, 0.4) is 0 Å². The number of thiocarbonyl (C=S) groups is 1. The number of hydrogen-bond acceptors (Lipinski definition) is 3. The van der Waals surface area contributed by atoms with Crippen LogP contribution < -0.4 is 15.5 Å². The molecule has 7 heteroatoms. The van der Waals surface area contributed by atoms with Crippen molar-refractivity contribution >= 4 is 56.4 Å². The summed E-state index contributed by atoms with van der Waals surface area (Å²) in [5, 5.41) is 5.78. The zero-order valence-corrected chi connectivity index (χ0v) is 18.7. The topological polar surface area (TPSA) is 61.4 Å². The molecule has 0 spiro atoms. The maximum Gasteiger partial charge on any atom is 0.258 e. The van der Waals surface area contributed by atoms with Crippen LogP contribution >= 0.6 is 28.1 Å². The van der Waals surface area contributed by atoms with Crippen molar-refractivity contribution in [3.63, 3.8) is 0 Å². The number of anilines is 2. The van der Waals surface area contributed by atoms with Crippen molar-refractivity contribution in [2.75, 3.05) is 16.8 Å². The average molecular weight is 482 g/mol. The van der Waals surface area contributed by atoms with Crippen LogP contribution in [0.15, 0.2) is 83.3 Å². The van der Waals surface area contributed by atoms with Crippen LogP contribution in [0, 0.1) is 0 Å². The average Bonchev–Trinajstić information content (AvgIpc) is 2.76. The predicted octanol–water partition coefficient (Wildman–Crippen LogP) is 5.24. The van der Waals surface area contributed by atoms with E-state index in [1.807, 2.05) is 37.3 Å². The zero-order chi connectivity index (χ0) is 21.5. The normalized spacial score (nSPS) is 10.2. The molecule has 0 unspecified atom stereocenters. The minimum absolute atomic E-state index is 0.0821. The Labute approximate surface area is 189 Å². The van der Waals surface area contributed by atoms with Crippen molar-refractivity contribution in [2.45, 2.75) is 6.92 Å². The Morgan fingerprint density at radius 3 is 2.10 bits per heavy atom. The summed E-state index contributed by atoms with van der Waals surface area (Å²) >= 11 is 8.55. The quantitative estimate of drug-likeness (QED) is 0.489. The summed E-state index contributed by atoms with van der Waals surface area (Å²) in [6.45, 7) is 2.50. The van der Waals surface area contributed by atoms with Gasteiger partial charge in [0.1, 0.15) is 0 Å². The summed E-state index contributed by atoms with van der Waals surface area (Å²) < 4.78 is 0.892. The van der Waals surface area contributed by atoms with Gasteiger partial charge in [-0.05, 0) is 79.8 Å². The number of carbonyl (C=O) groups is 2. The Hall–Kier alpha value is -3.03. The van der Waals surface area contributed by atoms with Crippen LogP contribution in [-0.2, 0) is 0 Å². The lowest BCUT2D eigenvalue weighted by Gasteiger charge is -2.21. The smallest absolute Gasteiger partial charge is 0.258 e. The molecule has 0 bridgehead atoms. The standard InChI is InChI=1S/C23H20BrN3O2S/c1-2-27(20-6-4-3-5-7-20)22(29)17-10-14-19(15-11-17)25-23(30)26-21(28)16-8-12-18(24)13-9-16/h3-15H,2H2,1H3,(H2,25,26,28,30). The van der Waals surface area contributed by atoms with Gasteiger partial charge in [0.25, 0.3) is 11.8 Å². The van der Waals surface area contributed by atoms with Crippen LogP contribution in [0.5, 0.6) is 0 Å². The number of nitrogens with zero attached hydrogens (tertiary/aromatic N) is 1. The number of rotatable bonds is 5. The van der Waals surface area contributed by atoms with E-state index in [0.29, 0.717) is 23.4 Å². The Morgan fingerprint density at radius 1 is 0.900 bits per heavy atom. The van der Waals surface area contributed by atoms with Crippen LogP contribution in [-0.4, -0.2) is 23.5 Å². The van der Waals surface area contributed by atoms with E-state index in [9.17, 15) is 9.59 Å². The third-order valence-electron chi connectivity index (χ3n) is 4.35. The monoisotopic (exact) mass is 481 g/mol. The zero-order valence-electron chi connectivity index (χ0n) is 16.3. The molecule has 0 radical (unpaired) electrons. The Balaban J connectivity index is 1.62. The largest absolute Gasteiger partial charge is 0.332 e. The van der Waals surface area contributed by atoms with Crippen LogP contribution in [0.4, 0.5) is 11.4 Å². The first-order valence-electron chi connectivity index (χ1n) is 9.33. The van der Waals surface area contributed by atoms with E-state index in [1.54, 1.807) is 53.4 Å². The Kier molecular flexibility index (Phi) is 7.32. The van der Waals surface area contributed by atoms with E-state index in [-0.39, 0.29) is 16.9 Å². The predicted molar refractivity (Wildman–Crippen MR) is 128 cm³/mol. The van der Waals surface area contributed by atoms with Crippen molar-refractivity contribution in [1.29, 1.82) is 0 Å². The third-order valence-corrected chi connectivity index (χ3v) is 5.09. The second-order valence-electron chi connectivity index (χ2n) is 6.38. The highest BCUT2D eigenvalue weighted by molar-refractivity contribution is 9.10. The van der Waals surface area contributed by atoms with E-state index < -0.39 is 0 Å². The molecule has 0 heterocycles. The van der Waals surface area contributed by atoms with E-state index >= 15 is 0 Å². The number of nitrogens with one attached hydrogen (secondary N) is 2. The van der Waals surface area contributed by atoms with Crippen molar-refractivity contribution in [3.8, 4) is 0 Å². The van der Waals surface area contributed by atoms with Crippen molar-refractivity contribution in [1.82, 2.24) is 5.32 Å². The van der Waals surface area contributed by atoms with Gasteiger partial charge in [-0.2, -0.15) is 0 Å². The fourth-order valence-corrected chi connectivity index (χ4v) is 3.32. The molecular weight excluding hydrogens is 462 g/mol. The highest BCUT2D eigenvalue weighted by Gasteiger charge is 2.16. The lowest BCUT2D eigenvalue weighted by atomic mass is 10.1. The Morgan fingerprint density at radius 2 is 1.50 bits per heavy atom. The first-order valence-corrected chi connectivity index (χ1v) is 10.5. The van der Waals surface area contributed by atoms with Gasteiger partial charge in [0, 0.05) is 33.5 Å². The molecule has 3 rings (SSSR count). The van der Waals surface area contributed by atoms with Crippen LogP contribution in [0.25, 0.3) is 0 Å². The molecule has 0 aromatic heterocycles. The molecule has 152 valence electrons. The summed E-state index contributed by atoms with van der Waals surface area (Å²) in [5.74, 6) is -0.380. The molecule has 0 aliphatic heterocycles. The van der Waals surface area contributed by atoms with E-state index in [1.165, 1.54) is 0 Å². The van der Waals surface area contributed by atoms with Gasteiger partial charge in [-0.15, -0.1) is 0 Å². The maximum atomic E-state index is 12.9. The van der Waals surface area contributed by atoms with E-state index in [4.69, 9.17) is 12.2 Å². The maximum absolute atomic E-state index is 12.9. The van der Waals surface area contributed by atoms with Crippen molar-refractivity contribution in [3.05, 3.63) is 94.5 Å². The van der Waals surface area contributed by atoms with Gasteiger partial charge in [0.15, 0.2) is 5.11 Å². The van der Waals surface area contributed by atoms with E-state index in [2.05, 4.69) is 26.6 Å². The highest BCUT2D eigenvalue weighted by Crippen LogP contribution is 2.18. The van der Waals surface area contributed by atoms with Crippen molar-refractivity contribution in [2.24, 2.45) is 0 Å². The first-order chi connectivity index (χ1) is 14.5. The van der Waals surface area contributed by atoms with Gasteiger partial charge in [-0.1, -0.05) is 34.1 Å². The molecule has 3 aromatic carbocycles. The second-order valence-corrected chi connectivity index (χ2v) is 7.70. The van der Waals surface area contributed by atoms with Gasteiger partial charge >= 0.3 is 0 Å². The lowest BCUT2D eigenvalue weighted by molar-refractivity contribution is 0.0973. The molecule has 2 N–H and O–H groups in total. The summed E-state index contributed by atoms with van der Waals surface area (Å²) in [5.41, 5.74) is 2.60. The van der Waals surface area contributed by atoms with Gasteiger partial charge < -0.3 is 10.2 Å². The molecule has 30 heavy (non-hydrogen) atoms. The van der Waals surface area contributed by atoms with Crippen LogP contribution in [0.1, 0.15) is 27.6 Å². The summed E-state index contributed by atoms with van der Waals surface area (Å²) in [4.78, 5) is 26.8.